The van der Waals surface area contributed by atoms with Crippen LogP contribution in [-0.4, -0.2) is 18.3 Å². The monoisotopic (exact) mass is 754 g/mol. The summed E-state index contributed by atoms with van der Waals surface area (Å²) in [5.74, 6) is 0. The first-order valence-corrected chi connectivity index (χ1v) is 19.8. The van der Waals surface area contributed by atoms with Crippen molar-refractivity contribution in [3.05, 3.63) is 174 Å². The molecule has 0 fully saturated rings. The average Bonchev–Trinajstić information content (AvgIpc) is 3.98. The van der Waals surface area contributed by atoms with E-state index in [1.807, 2.05) is 19.1 Å². The fraction of sp³-hybridized carbons (Fsp3) is 0.0566. The molecule has 59 heavy (non-hydrogen) atoms. The van der Waals surface area contributed by atoms with Crippen LogP contribution in [0, 0.1) is 24.8 Å². The summed E-state index contributed by atoms with van der Waals surface area (Å²) in [6, 6.07) is 55.9. The summed E-state index contributed by atoms with van der Waals surface area (Å²) in [7, 11) is 4.29. The summed E-state index contributed by atoms with van der Waals surface area (Å²) in [4.78, 5) is 4.58. The van der Waals surface area contributed by atoms with Crippen molar-refractivity contribution in [2.45, 2.75) is 6.92 Å². The maximum absolute atomic E-state index is 10.2. The van der Waals surface area contributed by atoms with Gasteiger partial charge < -0.3 is 18.3 Å². The Labute approximate surface area is 339 Å². The van der Waals surface area contributed by atoms with Gasteiger partial charge in [0, 0.05) is 68.2 Å². The molecule has 276 valence electrons. The second kappa shape index (κ2) is 12.0. The Morgan fingerprint density at radius 3 is 1.47 bits per heavy atom. The normalized spacial score (nSPS) is 11.9. The lowest BCUT2D eigenvalue weighted by Gasteiger charge is -2.21. The third kappa shape index (κ3) is 4.32. The number of hydrogen-bond donors (Lipinski definition) is 0. The number of fused-ring (bicyclic) bond motifs is 14. The molecule has 0 aliphatic heterocycles. The van der Waals surface area contributed by atoms with Crippen LogP contribution in [0.5, 0.6) is 0 Å². The van der Waals surface area contributed by atoms with Crippen molar-refractivity contribution < 1.29 is 0 Å². The van der Waals surface area contributed by atoms with E-state index >= 15 is 0 Å². The molecule has 6 nitrogen and oxygen atoms in total. The summed E-state index contributed by atoms with van der Waals surface area (Å²) < 4.78 is 9.26. The maximum Gasteiger partial charge on any atom is 0.234 e. The van der Waals surface area contributed by atoms with Crippen molar-refractivity contribution in [2.24, 2.45) is 14.1 Å². The Morgan fingerprint density at radius 1 is 0.492 bits per heavy atom. The van der Waals surface area contributed by atoms with Gasteiger partial charge in [0.05, 0.1) is 62.7 Å². The molecule has 0 saturated heterocycles. The van der Waals surface area contributed by atoms with Crippen molar-refractivity contribution in [3.63, 3.8) is 0 Å². The third-order valence-corrected chi connectivity index (χ3v) is 12.6. The van der Waals surface area contributed by atoms with Crippen LogP contribution in [0.1, 0.15) is 11.1 Å². The maximum atomic E-state index is 10.2. The Balaban J connectivity index is 1.32. The van der Waals surface area contributed by atoms with Gasteiger partial charge in [-0.2, -0.15) is 5.26 Å². The van der Waals surface area contributed by atoms with E-state index < -0.39 is 0 Å². The minimum Gasteiger partial charge on any atom is -0.342 e. The number of rotatable bonds is 3. The van der Waals surface area contributed by atoms with Gasteiger partial charge in [0.2, 0.25) is 5.69 Å². The molecule has 4 aromatic heterocycles. The fourth-order valence-electron chi connectivity index (χ4n) is 10.2. The van der Waals surface area contributed by atoms with E-state index in [0.29, 0.717) is 11.3 Å². The Bertz CT molecular complexity index is 3910. The predicted octanol–water partition coefficient (Wildman–Crippen LogP) is 13.6. The van der Waals surface area contributed by atoms with Crippen LogP contribution in [0.15, 0.2) is 152 Å². The zero-order valence-electron chi connectivity index (χ0n) is 32.6. The van der Waals surface area contributed by atoms with Gasteiger partial charge in [-0.25, -0.2) is 4.85 Å². The Hall–Kier alpha value is -8.06. The summed E-state index contributed by atoms with van der Waals surface area (Å²) in [6.45, 7) is 11.3. The van der Waals surface area contributed by atoms with Crippen LogP contribution in [0.25, 0.3) is 115 Å². The summed E-state index contributed by atoms with van der Waals surface area (Å²) in [6.07, 6.45) is 0. The van der Waals surface area contributed by atoms with Crippen LogP contribution >= 0.6 is 0 Å². The van der Waals surface area contributed by atoms with E-state index in [-0.39, 0.29) is 0 Å². The lowest BCUT2D eigenvalue weighted by molar-refractivity contribution is 1.01. The van der Waals surface area contributed by atoms with E-state index in [4.69, 9.17) is 0 Å². The topological polar surface area (TPSA) is 47.9 Å². The number of nitrogens with zero attached hydrogens (tertiary/aromatic N) is 6. The highest BCUT2D eigenvalue weighted by Gasteiger charge is 2.27. The quantitative estimate of drug-likeness (QED) is 0.166. The molecule has 0 bridgehead atoms. The summed E-state index contributed by atoms with van der Waals surface area (Å²) in [5, 5.41) is 19.4. The predicted molar refractivity (Wildman–Crippen MR) is 244 cm³/mol. The molecule has 12 rings (SSSR count). The zero-order chi connectivity index (χ0) is 39.7. The van der Waals surface area contributed by atoms with Crippen LogP contribution in [0.4, 0.5) is 5.69 Å². The lowest BCUT2D eigenvalue weighted by atomic mass is 9.97. The minimum absolute atomic E-state index is 0.527. The van der Waals surface area contributed by atoms with E-state index in [2.05, 4.69) is 183 Å². The number of benzene rings is 8. The third-order valence-electron chi connectivity index (χ3n) is 12.6. The molecule has 0 saturated carbocycles. The molecular weight excluding hydrogens is 721 g/mol. The van der Waals surface area contributed by atoms with Gasteiger partial charge in [0.15, 0.2) is 0 Å². The summed E-state index contributed by atoms with van der Waals surface area (Å²) in [5.41, 5.74) is 14.1. The summed E-state index contributed by atoms with van der Waals surface area (Å²) >= 11 is 0. The SMILES string of the molecule is [C-]#[N+]c1c(-n2c3ccccc3c3ccc4c5ccccc5n(C)c4c32)ccc(-c2cc(C)cc(C#N)c2)c1-n1c2ccccc2c2ccc3c4ccccc4n(C)c3c21. The second-order valence-electron chi connectivity index (χ2n) is 15.7. The molecule has 12 aromatic rings. The number of nitriles is 1. The highest BCUT2D eigenvalue weighted by Crippen LogP contribution is 2.49. The van der Waals surface area contributed by atoms with Gasteiger partial charge in [-0.3, -0.25) is 0 Å². The molecule has 4 heterocycles. The number of aryl methyl sites for hydroxylation is 3. The lowest BCUT2D eigenvalue weighted by Crippen LogP contribution is -2.04. The van der Waals surface area contributed by atoms with E-state index in [9.17, 15) is 11.8 Å². The zero-order valence-corrected chi connectivity index (χ0v) is 32.6. The first-order chi connectivity index (χ1) is 29.0. The second-order valence-corrected chi connectivity index (χ2v) is 15.7. The largest absolute Gasteiger partial charge is 0.342 e. The molecule has 0 aliphatic carbocycles. The molecule has 0 spiro atoms. The van der Waals surface area contributed by atoms with Gasteiger partial charge in [-0.05, 0) is 66.1 Å². The smallest absolute Gasteiger partial charge is 0.234 e. The van der Waals surface area contributed by atoms with Crippen molar-refractivity contribution in [2.75, 3.05) is 0 Å². The first-order valence-electron chi connectivity index (χ1n) is 19.8. The molecular formula is C53H34N6. The first kappa shape index (κ1) is 33.1. The average molecular weight is 755 g/mol. The van der Waals surface area contributed by atoms with Gasteiger partial charge in [0.25, 0.3) is 0 Å². The van der Waals surface area contributed by atoms with E-state index in [1.165, 1.54) is 16.2 Å². The standard InChI is InChI=1S/C53H34N6/c1-31-27-32(30-54)29-33(28-31)34-25-26-47(58-45-19-11-7-15-37(45)41-23-21-39-35-13-5-9-17-43(35)56(3)50(39)52(41)58)48(55-2)49(34)59-46-20-12-8-16-38(46)42-24-22-40-36-14-6-10-18-44(36)57(4)51(40)53(42)59/h5-29H,1,3-4H3. The highest BCUT2D eigenvalue weighted by molar-refractivity contribution is 6.25. The highest BCUT2D eigenvalue weighted by atomic mass is 15.1. The van der Waals surface area contributed by atoms with Gasteiger partial charge in [-0.1, -0.05) is 109 Å². The number of hydrogen-bond acceptors (Lipinski definition) is 1. The van der Waals surface area contributed by atoms with Crippen LogP contribution in [0.3, 0.4) is 0 Å². The van der Waals surface area contributed by atoms with Crippen molar-refractivity contribution in [3.8, 4) is 28.6 Å². The van der Waals surface area contributed by atoms with Crippen LogP contribution < -0.4 is 0 Å². The molecule has 0 N–H and O–H groups in total. The minimum atomic E-state index is 0.527. The molecule has 8 aromatic carbocycles. The van der Waals surface area contributed by atoms with Crippen LogP contribution in [-0.2, 0) is 14.1 Å². The molecule has 0 radical (unpaired) electrons. The fourth-order valence-corrected chi connectivity index (χ4v) is 10.2. The Morgan fingerprint density at radius 2 is 0.949 bits per heavy atom. The van der Waals surface area contributed by atoms with Crippen molar-refractivity contribution in [1.82, 2.24) is 18.3 Å². The molecule has 0 unspecified atom stereocenters. The van der Waals surface area contributed by atoms with Crippen molar-refractivity contribution in [1.29, 1.82) is 5.26 Å². The van der Waals surface area contributed by atoms with Gasteiger partial charge in [0.1, 0.15) is 0 Å². The molecule has 0 amide bonds. The number of para-hydroxylation sites is 4. The van der Waals surface area contributed by atoms with Gasteiger partial charge in [-0.15, -0.1) is 0 Å². The molecule has 0 atom stereocenters. The number of aromatic nitrogens is 4. The Kier molecular flexibility index (Phi) is 6.72. The molecule has 6 heteroatoms. The molecule has 0 aliphatic rings. The van der Waals surface area contributed by atoms with E-state index in [0.717, 1.165) is 99.1 Å². The van der Waals surface area contributed by atoms with Crippen LogP contribution in [0.2, 0.25) is 0 Å². The van der Waals surface area contributed by atoms with E-state index in [1.54, 1.807) is 0 Å². The van der Waals surface area contributed by atoms with Gasteiger partial charge >= 0.3 is 0 Å². The van der Waals surface area contributed by atoms with Crippen molar-refractivity contribution >= 4 is 92.9 Å².